The third kappa shape index (κ3) is 6.18. The normalized spacial score (nSPS) is 49.5. The van der Waals surface area contributed by atoms with Gasteiger partial charge in [0, 0.05) is 44.3 Å². The van der Waals surface area contributed by atoms with E-state index in [9.17, 15) is 19.5 Å². The van der Waals surface area contributed by atoms with E-state index in [1.165, 1.54) is 0 Å². The first-order valence-corrected chi connectivity index (χ1v) is 15.8. The maximum atomic E-state index is 14.1. The number of aliphatic hydroxyl groups excluding tert-OH is 1. The second-order valence-electron chi connectivity index (χ2n) is 14.2. The van der Waals surface area contributed by atoms with Crippen LogP contribution in [-0.4, -0.2) is 78.3 Å². The highest BCUT2D eigenvalue weighted by Crippen LogP contribution is 2.48. The molecule has 1 unspecified atom stereocenters. The van der Waals surface area contributed by atoms with Crippen LogP contribution in [0.25, 0.3) is 0 Å². The second kappa shape index (κ2) is 12.8. The van der Waals surface area contributed by atoms with Gasteiger partial charge in [-0.25, -0.2) is 0 Å². The molecule has 0 aromatic rings. The zero-order valence-corrected chi connectivity index (χ0v) is 27.9. The summed E-state index contributed by atoms with van der Waals surface area (Å²) in [6, 6.07) is 0. The van der Waals surface area contributed by atoms with Crippen molar-refractivity contribution in [2.45, 2.75) is 136 Å². The zero-order valence-electron chi connectivity index (χ0n) is 27.9. The zero-order chi connectivity index (χ0) is 31.9. The van der Waals surface area contributed by atoms with Crippen LogP contribution in [0.1, 0.15) is 94.9 Å². The number of carbonyl (C=O) groups is 3. The first kappa shape index (κ1) is 34.9. The highest BCUT2D eigenvalue weighted by Gasteiger charge is 2.57. The first-order chi connectivity index (χ1) is 19.4. The molecule has 0 bridgehead atoms. The number of esters is 2. The predicted molar refractivity (Wildman–Crippen MR) is 157 cm³/mol. The van der Waals surface area contributed by atoms with Crippen molar-refractivity contribution >= 4 is 17.7 Å². The van der Waals surface area contributed by atoms with Crippen molar-refractivity contribution in [1.29, 1.82) is 0 Å². The molecule has 3 saturated heterocycles. The van der Waals surface area contributed by atoms with Crippen molar-refractivity contribution in [3.63, 3.8) is 0 Å². The van der Waals surface area contributed by atoms with E-state index < -0.39 is 64.9 Å². The molecule has 0 amide bonds. The summed E-state index contributed by atoms with van der Waals surface area (Å²) in [7, 11) is 3.26. The van der Waals surface area contributed by atoms with Crippen LogP contribution >= 0.6 is 0 Å². The molecule has 0 aromatic heterocycles. The highest BCUT2D eigenvalue weighted by molar-refractivity contribution is 5.85. The van der Waals surface area contributed by atoms with E-state index in [2.05, 4.69) is 13.8 Å². The lowest BCUT2D eigenvalue weighted by Gasteiger charge is -2.51. The Morgan fingerprint density at radius 3 is 2.05 bits per heavy atom. The van der Waals surface area contributed by atoms with Crippen molar-refractivity contribution in [2.24, 2.45) is 41.4 Å². The molecule has 3 rings (SSSR count). The summed E-state index contributed by atoms with van der Waals surface area (Å²) < 4.78 is 30.6. The number of hydrogen-bond acceptors (Lipinski definition) is 9. The molecule has 1 N–H and O–H groups in total. The average Bonchev–Trinajstić information content (AvgIpc) is 3.26. The van der Waals surface area contributed by atoms with E-state index in [0.717, 1.165) is 0 Å². The van der Waals surface area contributed by atoms with Gasteiger partial charge in [0.15, 0.2) is 0 Å². The third-order valence-electron chi connectivity index (χ3n) is 11.7. The molecule has 9 heteroatoms. The number of Topliss-reactive ketones (excluding diaryl/α,β-unsaturated/α-hetero) is 1. The van der Waals surface area contributed by atoms with Gasteiger partial charge < -0.3 is 28.8 Å². The Labute approximate surface area is 252 Å². The van der Waals surface area contributed by atoms with Crippen LogP contribution in [0.15, 0.2) is 0 Å². The molecular weight excluding hydrogens is 540 g/mol. The van der Waals surface area contributed by atoms with Gasteiger partial charge in [-0.1, -0.05) is 41.5 Å². The number of ether oxygens (including phenoxy) is 5. The van der Waals surface area contributed by atoms with Crippen LogP contribution < -0.4 is 0 Å². The summed E-state index contributed by atoms with van der Waals surface area (Å²) in [6.07, 6.45) is -1.08. The molecule has 3 heterocycles. The lowest BCUT2D eigenvalue weighted by Crippen LogP contribution is -2.59. The molecule has 42 heavy (non-hydrogen) atoms. The molecule has 0 aliphatic carbocycles. The maximum Gasteiger partial charge on any atom is 0.309 e. The summed E-state index contributed by atoms with van der Waals surface area (Å²) in [5, 5.41) is 10.9. The monoisotopic (exact) mass is 596 g/mol. The molecule has 9 nitrogen and oxygen atoms in total. The summed E-state index contributed by atoms with van der Waals surface area (Å²) in [6.45, 7) is 19.3. The van der Waals surface area contributed by atoms with Crippen molar-refractivity contribution in [3.8, 4) is 0 Å². The van der Waals surface area contributed by atoms with Gasteiger partial charge in [0.25, 0.3) is 0 Å². The van der Waals surface area contributed by atoms with Gasteiger partial charge in [-0.15, -0.1) is 0 Å². The van der Waals surface area contributed by atoms with E-state index in [1.54, 1.807) is 21.1 Å². The summed E-state index contributed by atoms with van der Waals surface area (Å²) in [4.78, 5) is 40.7. The van der Waals surface area contributed by atoms with Gasteiger partial charge in [-0.3, -0.25) is 14.4 Å². The van der Waals surface area contributed by atoms with Crippen LogP contribution in [-0.2, 0) is 38.1 Å². The third-order valence-corrected chi connectivity index (χ3v) is 11.7. The van der Waals surface area contributed by atoms with Crippen LogP contribution in [0.2, 0.25) is 0 Å². The van der Waals surface area contributed by atoms with Crippen molar-refractivity contribution in [1.82, 2.24) is 0 Å². The minimum Gasteiger partial charge on any atom is -0.458 e. The Kier molecular flexibility index (Phi) is 10.7. The molecule has 3 fully saturated rings. The van der Waals surface area contributed by atoms with Crippen LogP contribution in [0.5, 0.6) is 0 Å². The van der Waals surface area contributed by atoms with Gasteiger partial charge in [0.1, 0.15) is 23.6 Å². The number of hydrogen-bond donors (Lipinski definition) is 1. The smallest absolute Gasteiger partial charge is 0.309 e. The average molecular weight is 597 g/mol. The molecular formula is C33H56O9. The van der Waals surface area contributed by atoms with Crippen LogP contribution in [0.3, 0.4) is 0 Å². The lowest BCUT2D eigenvalue weighted by molar-refractivity contribution is -0.236. The number of carbonyl (C=O) groups excluding carboxylic acids is 3. The highest BCUT2D eigenvalue weighted by atomic mass is 16.6. The fourth-order valence-corrected chi connectivity index (χ4v) is 8.39. The van der Waals surface area contributed by atoms with Gasteiger partial charge in [0.2, 0.25) is 0 Å². The molecule has 0 aromatic carbocycles. The molecule has 242 valence electrons. The number of rotatable bonds is 4. The SMILES string of the molecule is CC[C@H]1OC(=O)[C@H](C)C([C@H]2C[C@@](C)(OC)[C@@H](O)[C@H](C)O2)[C@H](C)[C@@H](C)[C@](C)(OC)C[C@@H](C)C(=O)[C@H](C)[C@H]2CC(=O)O[C@@]21C. The minimum atomic E-state index is -1.13. The van der Waals surface area contributed by atoms with Gasteiger partial charge >= 0.3 is 11.9 Å². The first-order valence-electron chi connectivity index (χ1n) is 15.8. The van der Waals surface area contributed by atoms with Gasteiger partial charge in [0.05, 0.1) is 35.7 Å². The summed E-state index contributed by atoms with van der Waals surface area (Å²) >= 11 is 0. The molecule has 0 radical (unpaired) electrons. The van der Waals surface area contributed by atoms with Crippen LogP contribution in [0, 0.1) is 41.4 Å². The van der Waals surface area contributed by atoms with E-state index in [-0.39, 0.29) is 41.8 Å². The van der Waals surface area contributed by atoms with Crippen molar-refractivity contribution in [3.05, 3.63) is 0 Å². The Morgan fingerprint density at radius 2 is 1.50 bits per heavy atom. The van der Waals surface area contributed by atoms with Crippen molar-refractivity contribution < 1.29 is 43.2 Å². The second-order valence-corrected chi connectivity index (χ2v) is 14.2. The standard InChI is InChI=1S/C33H56O9/c1-13-25-33(10)23(14-26(34)42-33)19(4)28(35)17(2)15-31(8,38-11)21(6)18(3)27(20(5)30(37)41-25)24-16-32(9,39-12)29(36)22(7)40-24/h17-25,27,29,36H,13-16H2,1-12H3/t17-,18-,19-,20-,21-,22+,23-,24-,25-,27?,29+,31-,32-,33+/m1/s1. The minimum absolute atomic E-state index is 0.0464. The fourth-order valence-electron chi connectivity index (χ4n) is 8.39. The Hall–Kier alpha value is -1.55. The molecule has 0 saturated carbocycles. The lowest BCUT2D eigenvalue weighted by atomic mass is 9.64. The largest absolute Gasteiger partial charge is 0.458 e. The van der Waals surface area contributed by atoms with E-state index in [4.69, 9.17) is 23.7 Å². The number of methoxy groups -OCH3 is 2. The van der Waals surface area contributed by atoms with Crippen LogP contribution in [0.4, 0.5) is 0 Å². The van der Waals surface area contributed by atoms with E-state index in [0.29, 0.717) is 19.3 Å². The maximum absolute atomic E-state index is 14.1. The summed E-state index contributed by atoms with van der Waals surface area (Å²) in [5.41, 5.74) is -2.68. The Bertz CT molecular complexity index is 1000. The molecule has 3 aliphatic heterocycles. The number of ketones is 1. The van der Waals surface area contributed by atoms with Crippen molar-refractivity contribution in [2.75, 3.05) is 14.2 Å². The Balaban J connectivity index is 2.15. The van der Waals surface area contributed by atoms with E-state index in [1.807, 2.05) is 48.5 Å². The van der Waals surface area contributed by atoms with Gasteiger partial charge in [-0.05, 0) is 52.4 Å². The topological polar surface area (TPSA) is 118 Å². The predicted octanol–water partition coefficient (Wildman–Crippen LogP) is 4.75. The molecule has 14 atom stereocenters. The Morgan fingerprint density at radius 1 is 0.905 bits per heavy atom. The molecule has 0 spiro atoms. The number of fused-ring (bicyclic) bond motifs is 1. The van der Waals surface area contributed by atoms with Gasteiger partial charge in [-0.2, -0.15) is 0 Å². The fraction of sp³-hybridized carbons (Fsp3) is 0.909. The quantitative estimate of drug-likeness (QED) is 0.459. The molecule has 3 aliphatic rings. The van der Waals surface area contributed by atoms with E-state index >= 15 is 0 Å². The number of cyclic esters (lactones) is 1. The number of aliphatic hydroxyl groups is 1. The summed E-state index contributed by atoms with van der Waals surface area (Å²) in [5.74, 6) is -3.09.